The van der Waals surface area contributed by atoms with Gasteiger partial charge in [-0.05, 0) is 43.0 Å². The number of benzene rings is 1. The maximum atomic E-state index is 9.30. The Labute approximate surface area is 120 Å². The predicted octanol–water partition coefficient (Wildman–Crippen LogP) is 2.66. The Morgan fingerprint density at radius 3 is 3.00 bits per heavy atom. The monoisotopic (exact) mass is 282 g/mol. The van der Waals surface area contributed by atoms with Crippen molar-refractivity contribution >= 4 is 17.3 Å². The Hall–Kier alpha value is -0.770. The van der Waals surface area contributed by atoms with E-state index in [0.717, 1.165) is 49.7 Å². The van der Waals surface area contributed by atoms with Gasteiger partial charge < -0.3 is 15.3 Å². The summed E-state index contributed by atoms with van der Waals surface area (Å²) in [6, 6.07) is 6.28. The lowest BCUT2D eigenvalue weighted by atomic mass is 9.98. The second-order valence-corrected chi connectivity index (χ2v) is 5.61. The smallest absolute Gasteiger partial charge is 0.0642 e. The number of aliphatic hydroxyl groups is 1. The van der Waals surface area contributed by atoms with Crippen molar-refractivity contribution in [2.75, 3.05) is 31.1 Å². The molecule has 1 aliphatic heterocycles. The van der Waals surface area contributed by atoms with E-state index in [1.165, 1.54) is 5.56 Å². The van der Waals surface area contributed by atoms with Crippen molar-refractivity contribution in [3.63, 3.8) is 0 Å². The number of aliphatic hydroxyl groups excluding tert-OH is 1. The van der Waals surface area contributed by atoms with Crippen molar-refractivity contribution in [3.8, 4) is 0 Å². The van der Waals surface area contributed by atoms with E-state index in [1.807, 2.05) is 6.07 Å². The first-order chi connectivity index (χ1) is 9.24. The fraction of sp³-hybridized carbons (Fsp3) is 0.600. The Morgan fingerprint density at radius 2 is 2.32 bits per heavy atom. The van der Waals surface area contributed by atoms with Crippen LogP contribution in [0, 0.1) is 5.92 Å². The molecule has 3 nitrogen and oxygen atoms in total. The SMILES string of the molecule is CCNCc1ccc(N2CCCC(CO)C2)c(Cl)c1. The summed E-state index contributed by atoms with van der Waals surface area (Å²) in [5.74, 6) is 0.381. The average Bonchev–Trinajstić information content (AvgIpc) is 2.45. The van der Waals surface area contributed by atoms with E-state index in [2.05, 4.69) is 29.3 Å². The minimum atomic E-state index is 0.270. The first-order valence-corrected chi connectivity index (χ1v) is 7.47. The Morgan fingerprint density at radius 1 is 1.47 bits per heavy atom. The molecule has 2 rings (SSSR count). The number of nitrogens with zero attached hydrogens (tertiary/aromatic N) is 1. The lowest BCUT2D eigenvalue weighted by Crippen LogP contribution is -2.36. The van der Waals surface area contributed by atoms with Gasteiger partial charge in [0.05, 0.1) is 10.7 Å². The van der Waals surface area contributed by atoms with Gasteiger partial charge in [-0.25, -0.2) is 0 Å². The molecule has 0 bridgehead atoms. The molecule has 1 atom stereocenters. The van der Waals surface area contributed by atoms with Gasteiger partial charge in [-0.15, -0.1) is 0 Å². The van der Waals surface area contributed by atoms with Gasteiger partial charge in [-0.2, -0.15) is 0 Å². The first-order valence-electron chi connectivity index (χ1n) is 7.09. The third-order valence-electron chi connectivity index (χ3n) is 3.71. The lowest BCUT2D eigenvalue weighted by Gasteiger charge is -2.34. The molecule has 0 saturated carbocycles. The van der Waals surface area contributed by atoms with E-state index in [9.17, 15) is 5.11 Å². The van der Waals surface area contributed by atoms with Gasteiger partial charge in [0.25, 0.3) is 0 Å². The average molecular weight is 283 g/mol. The van der Waals surface area contributed by atoms with Gasteiger partial charge in [0.15, 0.2) is 0 Å². The van der Waals surface area contributed by atoms with Crippen molar-refractivity contribution in [2.45, 2.75) is 26.3 Å². The minimum absolute atomic E-state index is 0.270. The van der Waals surface area contributed by atoms with Gasteiger partial charge in [-0.3, -0.25) is 0 Å². The summed E-state index contributed by atoms with van der Waals surface area (Å²) in [6.45, 7) is 6.12. The molecule has 0 aromatic heterocycles. The molecule has 1 aromatic carbocycles. The van der Waals surface area contributed by atoms with Crippen LogP contribution in [0.15, 0.2) is 18.2 Å². The number of hydrogen-bond donors (Lipinski definition) is 2. The molecule has 0 aliphatic carbocycles. The van der Waals surface area contributed by atoms with E-state index in [4.69, 9.17) is 11.6 Å². The van der Waals surface area contributed by atoms with Crippen LogP contribution in [0.2, 0.25) is 5.02 Å². The topological polar surface area (TPSA) is 35.5 Å². The summed E-state index contributed by atoms with van der Waals surface area (Å²) in [7, 11) is 0. The van der Waals surface area contributed by atoms with E-state index >= 15 is 0 Å². The van der Waals surface area contributed by atoms with E-state index in [-0.39, 0.29) is 6.61 Å². The second kappa shape index (κ2) is 7.13. The van der Waals surface area contributed by atoms with Gasteiger partial charge in [0.2, 0.25) is 0 Å². The maximum absolute atomic E-state index is 9.30. The van der Waals surface area contributed by atoms with Crippen molar-refractivity contribution in [3.05, 3.63) is 28.8 Å². The molecular formula is C15H23ClN2O. The Bertz CT molecular complexity index is 411. The van der Waals surface area contributed by atoms with Crippen molar-refractivity contribution in [2.24, 2.45) is 5.92 Å². The van der Waals surface area contributed by atoms with E-state index < -0.39 is 0 Å². The molecule has 0 radical (unpaired) electrons. The highest BCUT2D eigenvalue weighted by atomic mass is 35.5. The molecule has 1 fully saturated rings. The molecular weight excluding hydrogens is 260 g/mol. The number of nitrogens with one attached hydrogen (secondary N) is 1. The predicted molar refractivity (Wildman–Crippen MR) is 80.9 cm³/mol. The fourth-order valence-electron chi connectivity index (χ4n) is 2.62. The van der Waals surface area contributed by atoms with Crippen LogP contribution in [-0.2, 0) is 6.54 Å². The maximum Gasteiger partial charge on any atom is 0.0642 e. The molecule has 106 valence electrons. The molecule has 0 spiro atoms. The third kappa shape index (κ3) is 3.85. The highest BCUT2D eigenvalue weighted by molar-refractivity contribution is 6.33. The summed E-state index contributed by atoms with van der Waals surface area (Å²) >= 11 is 6.40. The molecule has 1 saturated heterocycles. The molecule has 1 unspecified atom stereocenters. The highest BCUT2D eigenvalue weighted by Crippen LogP contribution is 2.30. The van der Waals surface area contributed by atoms with Crippen LogP contribution in [0.4, 0.5) is 5.69 Å². The van der Waals surface area contributed by atoms with Gasteiger partial charge in [0.1, 0.15) is 0 Å². The Balaban J connectivity index is 2.07. The second-order valence-electron chi connectivity index (χ2n) is 5.20. The van der Waals surface area contributed by atoms with Crippen molar-refractivity contribution < 1.29 is 5.11 Å². The highest BCUT2D eigenvalue weighted by Gasteiger charge is 2.20. The van der Waals surface area contributed by atoms with Crippen LogP contribution >= 0.6 is 11.6 Å². The van der Waals surface area contributed by atoms with Crippen LogP contribution < -0.4 is 10.2 Å². The normalized spacial score (nSPS) is 19.7. The number of rotatable bonds is 5. The number of piperidine rings is 1. The van der Waals surface area contributed by atoms with E-state index in [1.54, 1.807) is 0 Å². The largest absolute Gasteiger partial charge is 0.396 e. The summed E-state index contributed by atoms with van der Waals surface area (Å²) in [5, 5.41) is 13.4. The third-order valence-corrected chi connectivity index (χ3v) is 4.01. The zero-order chi connectivity index (χ0) is 13.7. The van der Waals surface area contributed by atoms with Gasteiger partial charge in [-0.1, -0.05) is 24.6 Å². The van der Waals surface area contributed by atoms with Crippen LogP contribution in [0.1, 0.15) is 25.3 Å². The Kier molecular flexibility index (Phi) is 5.49. The van der Waals surface area contributed by atoms with Crippen molar-refractivity contribution in [1.29, 1.82) is 0 Å². The first kappa shape index (κ1) is 14.6. The summed E-state index contributed by atoms with van der Waals surface area (Å²) in [4.78, 5) is 2.30. The lowest BCUT2D eigenvalue weighted by molar-refractivity contribution is 0.209. The van der Waals surface area contributed by atoms with Crippen LogP contribution in [0.3, 0.4) is 0 Å². The molecule has 19 heavy (non-hydrogen) atoms. The van der Waals surface area contributed by atoms with Crippen LogP contribution in [-0.4, -0.2) is 31.3 Å². The molecule has 1 heterocycles. The van der Waals surface area contributed by atoms with E-state index in [0.29, 0.717) is 5.92 Å². The molecule has 1 aliphatic rings. The molecule has 1 aromatic rings. The summed E-state index contributed by atoms with van der Waals surface area (Å²) in [6.07, 6.45) is 2.24. The van der Waals surface area contributed by atoms with Crippen LogP contribution in [0.25, 0.3) is 0 Å². The fourth-order valence-corrected chi connectivity index (χ4v) is 2.94. The minimum Gasteiger partial charge on any atom is -0.396 e. The van der Waals surface area contributed by atoms with Crippen LogP contribution in [0.5, 0.6) is 0 Å². The van der Waals surface area contributed by atoms with Crippen molar-refractivity contribution in [1.82, 2.24) is 5.32 Å². The number of halogens is 1. The van der Waals surface area contributed by atoms with Gasteiger partial charge in [0, 0.05) is 26.2 Å². The standard InChI is InChI=1S/C15H23ClN2O/c1-2-17-9-12-5-6-15(14(16)8-12)18-7-3-4-13(10-18)11-19/h5-6,8,13,17,19H,2-4,7,9-11H2,1H3. The van der Waals surface area contributed by atoms with Gasteiger partial charge >= 0.3 is 0 Å². The molecule has 0 amide bonds. The molecule has 4 heteroatoms. The zero-order valence-corrected chi connectivity index (χ0v) is 12.3. The summed E-state index contributed by atoms with van der Waals surface area (Å²) < 4.78 is 0. The zero-order valence-electron chi connectivity index (χ0n) is 11.5. The molecule has 2 N–H and O–H groups in total. The number of hydrogen-bond acceptors (Lipinski definition) is 3. The quantitative estimate of drug-likeness (QED) is 0.872. The summed E-state index contributed by atoms with van der Waals surface area (Å²) in [5.41, 5.74) is 2.31. The number of anilines is 1.